The molecule has 0 amide bonds. The number of rotatable bonds is 3. The van der Waals surface area contributed by atoms with Crippen LogP contribution in [0.25, 0.3) is 0 Å². The van der Waals surface area contributed by atoms with Gasteiger partial charge < -0.3 is 4.74 Å². The van der Waals surface area contributed by atoms with Crippen LogP contribution in [0.15, 0.2) is 18.2 Å². The van der Waals surface area contributed by atoms with Crippen LogP contribution in [0.4, 0.5) is 8.78 Å². The second kappa shape index (κ2) is 5.55. The highest BCUT2D eigenvalue weighted by molar-refractivity contribution is 5.23. The molecule has 104 valence electrons. The van der Waals surface area contributed by atoms with Crippen LogP contribution >= 0.6 is 0 Å². The second-order valence-electron chi connectivity index (χ2n) is 5.55. The highest BCUT2D eigenvalue weighted by atomic mass is 19.1. The molecule has 0 aromatic heterocycles. The van der Waals surface area contributed by atoms with Crippen molar-refractivity contribution in [3.63, 3.8) is 0 Å². The van der Waals surface area contributed by atoms with E-state index in [-0.39, 0.29) is 17.7 Å². The standard InChI is InChI=1S/C15H19F2NO/c16-12-3-4-14(17)13(8-12)15-2-1-6-18(15)9-11-5-7-19-10-11/h3-4,8,11,15H,1-2,5-7,9-10H2/t11?,15-/m1/s1. The molecule has 2 aliphatic heterocycles. The largest absolute Gasteiger partial charge is 0.381 e. The van der Waals surface area contributed by atoms with Crippen molar-refractivity contribution in [2.24, 2.45) is 5.92 Å². The summed E-state index contributed by atoms with van der Waals surface area (Å²) in [5.74, 6) is -0.106. The summed E-state index contributed by atoms with van der Waals surface area (Å²) in [4.78, 5) is 2.29. The average molecular weight is 267 g/mol. The quantitative estimate of drug-likeness (QED) is 0.834. The Bertz CT molecular complexity index is 446. The zero-order valence-corrected chi connectivity index (χ0v) is 10.9. The molecule has 0 bridgehead atoms. The number of hydrogen-bond acceptors (Lipinski definition) is 2. The molecule has 1 aromatic carbocycles. The van der Waals surface area contributed by atoms with Gasteiger partial charge in [-0.3, -0.25) is 4.90 Å². The monoisotopic (exact) mass is 267 g/mol. The molecular weight excluding hydrogens is 248 g/mol. The van der Waals surface area contributed by atoms with Crippen molar-refractivity contribution in [3.05, 3.63) is 35.4 Å². The van der Waals surface area contributed by atoms with Crippen molar-refractivity contribution in [2.45, 2.75) is 25.3 Å². The predicted octanol–water partition coefficient (Wildman–Crippen LogP) is 3.14. The average Bonchev–Trinajstić information content (AvgIpc) is 3.04. The van der Waals surface area contributed by atoms with Crippen molar-refractivity contribution in [1.82, 2.24) is 4.90 Å². The number of nitrogens with zero attached hydrogens (tertiary/aromatic N) is 1. The van der Waals surface area contributed by atoms with Gasteiger partial charge in [-0.05, 0) is 49.9 Å². The first-order valence-corrected chi connectivity index (χ1v) is 7.01. The summed E-state index contributed by atoms with van der Waals surface area (Å²) in [5.41, 5.74) is 0.511. The summed E-state index contributed by atoms with van der Waals surface area (Å²) in [6.45, 7) is 3.53. The zero-order chi connectivity index (χ0) is 13.2. The summed E-state index contributed by atoms with van der Waals surface area (Å²) in [5, 5.41) is 0. The fourth-order valence-electron chi connectivity index (χ4n) is 3.23. The number of hydrogen-bond donors (Lipinski definition) is 0. The molecule has 2 aliphatic rings. The van der Waals surface area contributed by atoms with E-state index in [1.807, 2.05) is 0 Å². The van der Waals surface area contributed by atoms with E-state index in [4.69, 9.17) is 4.74 Å². The Morgan fingerprint density at radius 1 is 1.26 bits per heavy atom. The third-order valence-corrected chi connectivity index (χ3v) is 4.20. The Balaban J connectivity index is 1.76. The SMILES string of the molecule is Fc1ccc(F)c([C@H]2CCCN2CC2CCOC2)c1. The molecule has 2 saturated heterocycles. The molecule has 1 aromatic rings. The van der Waals surface area contributed by atoms with Gasteiger partial charge in [0.05, 0.1) is 6.61 Å². The lowest BCUT2D eigenvalue weighted by Crippen LogP contribution is -2.30. The highest BCUT2D eigenvalue weighted by Crippen LogP contribution is 2.34. The maximum absolute atomic E-state index is 13.9. The molecule has 0 N–H and O–H groups in total. The topological polar surface area (TPSA) is 12.5 Å². The minimum absolute atomic E-state index is 0.0244. The number of likely N-dealkylation sites (tertiary alicyclic amines) is 1. The van der Waals surface area contributed by atoms with Crippen LogP contribution in [0.2, 0.25) is 0 Å². The molecule has 1 unspecified atom stereocenters. The van der Waals surface area contributed by atoms with Gasteiger partial charge in [-0.15, -0.1) is 0 Å². The molecule has 19 heavy (non-hydrogen) atoms. The summed E-state index contributed by atoms with van der Waals surface area (Å²) in [6.07, 6.45) is 3.04. The van der Waals surface area contributed by atoms with Crippen LogP contribution in [-0.2, 0) is 4.74 Å². The van der Waals surface area contributed by atoms with E-state index in [1.165, 1.54) is 18.2 Å². The number of halogens is 2. The smallest absolute Gasteiger partial charge is 0.128 e. The van der Waals surface area contributed by atoms with Crippen LogP contribution in [0.5, 0.6) is 0 Å². The van der Waals surface area contributed by atoms with Gasteiger partial charge in [0.1, 0.15) is 11.6 Å². The van der Waals surface area contributed by atoms with Crippen LogP contribution in [0.3, 0.4) is 0 Å². The minimum atomic E-state index is -0.354. The Kier molecular flexibility index (Phi) is 3.80. The van der Waals surface area contributed by atoms with E-state index < -0.39 is 0 Å². The Morgan fingerprint density at radius 3 is 2.95 bits per heavy atom. The van der Waals surface area contributed by atoms with Gasteiger partial charge in [-0.25, -0.2) is 8.78 Å². The van der Waals surface area contributed by atoms with E-state index in [2.05, 4.69) is 4.90 Å². The molecular formula is C15H19F2NO. The van der Waals surface area contributed by atoms with E-state index >= 15 is 0 Å². The lowest BCUT2D eigenvalue weighted by atomic mass is 10.0. The van der Waals surface area contributed by atoms with Crippen LogP contribution < -0.4 is 0 Å². The van der Waals surface area contributed by atoms with Crippen LogP contribution in [0.1, 0.15) is 30.9 Å². The first kappa shape index (κ1) is 13.0. The molecule has 0 radical (unpaired) electrons. The van der Waals surface area contributed by atoms with Gasteiger partial charge >= 0.3 is 0 Å². The molecule has 3 rings (SSSR count). The van der Waals surface area contributed by atoms with Crippen molar-refractivity contribution >= 4 is 0 Å². The van der Waals surface area contributed by atoms with Gasteiger partial charge in [0.15, 0.2) is 0 Å². The molecule has 2 heterocycles. The fraction of sp³-hybridized carbons (Fsp3) is 0.600. The van der Waals surface area contributed by atoms with Gasteiger partial charge in [-0.1, -0.05) is 0 Å². The maximum Gasteiger partial charge on any atom is 0.128 e. The summed E-state index contributed by atoms with van der Waals surface area (Å²) in [6, 6.07) is 3.79. The van der Waals surface area contributed by atoms with E-state index in [0.717, 1.165) is 45.6 Å². The van der Waals surface area contributed by atoms with E-state index in [9.17, 15) is 8.78 Å². The summed E-state index contributed by atoms with van der Waals surface area (Å²) >= 11 is 0. The Morgan fingerprint density at radius 2 is 2.16 bits per heavy atom. The number of benzene rings is 1. The number of ether oxygens (including phenoxy) is 1. The van der Waals surface area contributed by atoms with Crippen molar-refractivity contribution < 1.29 is 13.5 Å². The van der Waals surface area contributed by atoms with Crippen LogP contribution in [0, 0.1) is 17.6 Å². The second-order valence-corrected chi connectivity index (χ2v) is 5.55. The third-order valence-electron chi connectivity index (χ3n) is 4.20. The van der Waals surface area contributed by atoms with Gasteiger partial charge in [-0.2, -0.15) is 0 Å². The molecule has 0 saturated carbocycles. The lowest BCUT2D eigenvalue weighted by molar-refractivity contribution is 0.161. The van der Waals surface area contributed by atoms with Crippen molar-refractivity contribution in [1.29, 1.82) is 0 Å². The first-order valence-electron chi connectivity index (χ1n) is 7.01. The molecule has 0 aliphatic carbocycles. The Labute approximate surface area is 112 Å². The summed E-state index contributed by atoms with van der Waals surface area (Å²) in [7, 11) is 0. The predicted molar refractivity (Wildman–Crippen MR) is 68.8 cm³/mol. The Hall–Kier alpha value is -1.00. The van der Waals surface area contributed by atoms with E-state index in [0.29, 0.717) is 11.5 Å². The highest BCUT2D eigenvalue weighted by Gasteiger charge is 2.31. The molecule has 2 atom stereocenters. The van der Waals surface area contributed by atoms with Crippen LogP contribution in [-0.4, -0.2) is 31.2 Å². The lowest BCUT2D eigenvalue weighted by Gasteiger charge is -2.27. The first-order chi connectivity index (χ1) is 9.24. The minimum Gasteiger partial charge on any atom is -0.381 e. The van der Waals surface area contributed by atoms with Crippen molar-refractivity contribution in [3.8, 4) is 0 Å². The van der Waals surface area contributed by atoms with E-state index in [1.54, 1.807) is 0 Å². The fourth-order valence-corrected chi connectivity index (χ4v) is 3.23. The van der Waals surface area contributed by atoms with Crippen molar-refractivity contribution in [2.75, 3.05) is 26.3 Å². The normalized spacial score (nSPS) is 28.1. The van der Waals surface area contributed by atoms with Gasteiger partial charge in [0.25, 0.3) is 0 Å². The molecule has 4 heteroatoms. The maximum atomic E-state index is 13.9. The summed E-state index contributed by atoms with van der Waals surface area (Å²) < 4.78 is 32.6. The molecule has 0 spiro atoms. The third kappa shape index (κ3) is 2.79. The zero-order valence-electron chi connectivity index (χ0n) is 10.9. The molecule has 2 nitrogen and oxygen atoms in total. The van der Waals surface area contributed by atoms with Gasteiger partial charge in [0, 0.05) is 24.8 Å². The van der Waals surface area contributed by atoms with Gasteiger partial charge in [0.2, 0.25) is 0 Å². The molecule has 2 fully saturated rings.